The summed E-state index contributed by atoms with van der Waals surface area (Å²) in [5, 5.41) is 14.2. The maximum Gasteiger partial charge on any atom is 0.131 e. The predicted molar refractivity (Wildman–Crippen MR) is 54.1 cm³/mol. The number of aryl methyl sites for hydroxylation is 2. The lowest BCUT2D eigenvalue weighted by Crippen LogP contribution is -2.04. The van der Waals surface area contributed by atoms with Gasteiger partial charge in [0.05, 0.1) is 16.3 Å². The van der Waals surface area contributed by atoms with Gasteiger partial charge >= 0.3 is 0 Å². The zero-order valence-corrected chi connectivity index (χ0v) is 8.82. The molecular formula is C9H11N3OS. The smallest absolute Gasteiger partial charge is 0.131 e. The Morgan fingerprint density at radius 2 is 2.36 bits per heavy atom. The zero-order chi connectivity index (χ0) is 10.1. The molecule has 2 aromatic rings. The molecule has 1 atom stereocenters. The molecule has 5 heteroatoms. The molecule has 0 bridgehead atoms. The molecule has 2 rings (SSSR count). The molecule has 0 amide bonds. The highest BCUT2D eigenvalue weighted by molar-refractivity contribution is 7.05. The first-order chi connectivity index (χ1) is 6.68. The van der Waals surface area contributed by atoms with Crippen LogP contribution in [0.25, 0.3) is 0 Å². The monoisotopic (exact) mass is 209 g/mol. The van der Waals surface area contributed by atoms with Gasteiger partial charge in [0.1, 0.15) is 6.10 Å². The Bertz CT molecular complexity index is 421. The minimum Gasteiger partial charge on any atom is -0.381 e. The second-order valence-corrected chi connectivity index (χ2v) is 4.02. The normalized spacial score (nSPS) is 13.1. The molecule has 4 nitrogen and oxygen atoms in total. The fraction of sp³-hybridized carbons (Fsp3) is 0.333. The molecule has 1 N–H and O–H groups in total. The first-order valence-electron chi connectivity index (χ1n) is 4.27. The van der Waals surface area contributed by atoms with Crippen molar-refractivity contribution in [3.8, 4) is 0 Å². The number of hydrogen-bond acceptors (Lipinski definition) is 4. The summed E-state index contributed by atoms with van der Waals surface area (Å²) < 4.78 is 5.65. The van der Waals surface area contributed by atoms with E-state index in [4.69, 9.17) is 0 Å². The number of aromatic nitrogens is 3. The molecule has 0 aliphatic heterocycles. The minimum atomic E-state index is -0.617. The van der Waals surface area contributed by atoms with Gasteiger partial charge in [-0.25, -0.2) is 4.37 Å². The molecule has 0 saturated heterocycles. The molecule has 0 aliphatic rings. The molecule has 1 unspecified atom stereocenters. The van der Waals surface area contributed by atoms with Crippen molar-refractivity contribution in [3.63, 3.8) is 0 Å². The van der Waals surface area contributed by atoms with Crippen molar-refractivity contribution in [1.29, 1.82) is 0 Å². The molecule has 2 aromatic heterocycles. The Hall–Kier alpha value is -1.20. The van der Waals surface area contributed by atoms with E-state index in [2.05, 4.69) is 9.47 Å². The van der Waals surface area contributed by atoms with E-state index < -0.39 is 6.10 Å². The highest BCUT2D eigenvalue weighted by atomic mass is 32.1. The summed E-state index contributed by atoms with van der Waals surface area (Å²) in [7, 11) is 1.83. The molecule has 0 fully saturated rings. The van der Waals surface area contributed by atoms with Gasteiger partial charge in [-0.05, 0) is 30.6 Å². The quantitative estimate of drug-likeness (QED) is 0.810. The Morgan fingerprint density at radius 1 is 1.57 bits per heavy atom. The van der Waals surface area contributed by atoms with Crippen molar-refractivity contribution in [2.75, 3.05) is 0 Å². The van der Waals surface area contributed by atoms with Gasteiger partial charge in [-0.2, -0.15) is 5.10 Å². The van der Waals surface area contributed by atoms with Crippen LogP contribution in [0.5, 0.6) is 0 Å². The number of nitrogens with zero attached hydrogens (tertiary/aromatic N) is 3. The van der Waals surface area contributed by atoms with Crippen LogP contribution >= 0.6 is 11.5 Å². The lowest BCUT2D eigenvalue weighted by Gasteiger charge is -2.07. The van der Waals surface area contributed by atoms with E-state index in [0.29, 0.717) is 0 Å². The van der Waals surface area contributed by atoms with Crippen LogP contribution in [0.15, 0.2) is 18.3 Å². The van der Waals surface area contributed by atoms with Crippen LogP contribution in [-0.4, -0.2) is 19.3 Å². The fourth-order valence-corrected chi connectivity index (χ4v) is 1.98. The zero-order valence-electron chi connectivity index (χ0n) is 8.01. The molecule has 74 valence electrons. The summed E-state index contributed by atoms with van der Waals surface area (Å²) in [5.41, 5.74) is 1.71. The number of aliphatic hydroxyl groups excluding tert-OH is 1. The Balaban J connectivity index is 2.36. The van der Waals surface area contributed by atoms with Gasteiger partial charge in [-0.15, -0.1) is 0 Å². The van der Waals surface area contributed by atoms with Crippen LogP contribution in [0.4, 0.5) is 0 Å². The second kappa shape index (κ2) is 3.51. The first-order valence-corrected chi connectivity index (χ1v) is 5.05. The average Bonchev–Trinajstić information content (AvgIpc) is 2.73. The van der Waals surface area contributed by atoms with Gasteiger partial charge < -0.3 is 5.11 Å². The van der Waals surface area contributed by atoms with Crippen molar-refractivity contribution < 1.29 is 5.11 Å². The maximum absolute atomic E-state index is 9.98. The summed E-state index contributed by atoms with van der Waals surface area (Å²) in [6.07, 6.45) is 1.07. The molecule has 0 aliphatic carbocycles. The Morgan fingerprint density at radius 3 is 2.86 bits per heavy atom. The SMILES string of the molecule is Cc1cc(C(O)c2ccns2)n(C)n1. The molecule has 0 saturated carbocycles. The third kappa shape index (κ3) is 1.56. The Labute approximate surface area is 86.0 Å². The van der Waals surface area contributed by atoms with Gasteiger partial charge in [0.15, 0.2) is 0 Å². The predicted octanol–water partition coefficient (Wildman–Crippen LogP) is 1.27. The molecule has 2 heterocycles. The van der Waals surface area contributed by atoms with Crippen LogP contribution in [-0.2, 0) is 7.05 Å². The van der Waals surface area contributed by atoms with Crippen molar-refractivity contribution in [3.05, 3.63) is 34.6 Å². The van der Waals surface area contributed by atoms with Crippen LogP contribution in [0, 0.1) is 6.92 Å². The highest BCUT2D eigenvalue weighted by Gasteiger charge is 2.16. The van der Waals surface area contributed by atoms with E-state index in [1.54, 1.807) is 10.9 Å². The van der Waals surface area contributed by atoms with Crippen LogP contribution in [0.3, 0.4) is 0 Å². The van der Waals surface area contributed by atoms with Crippen molar-refractivity contribution in [1.82, 2.24) is 14.2 Å². The van der Waals surface area contributed by atoms with Crippen molar-refractivity contribution >= 4 is 11.5 Å². The third-order valence-electron chi connectivity index (χ3n) is 2.05. The summed E-state index contributed by atoms with van der Waals surface area (Å²) >= 11 is 1.30. The lowest BCUT2D eigenvalue weighted by molar-refractivity contribution is 0.213. The van der Waals surface area contributed by atoms with E-state index in [1.165, 1.54) is 11.5 Å². The Kier molecular flexibility index (Phi) is 2.35. The van der Waals surface area contributed by atoms with Crippen LogP contribution < -0.4 is 0 Å². The summed E-state index contributed by atoms with van der Waals surface area (Å²) in [6.45, 7) is 1.91. The van der Waals surface area contributed by atoms with Crippen LogP contribution in [0.1, 0.15) is 22.4 Å². The largest absolute Gasteiger partial charge is 0.381 e. The summed E-state index contributed by atoms with van der Waals surface area (Å²) in [5.74, 6) is 0. The lowest BCUT2D eigenvalue weighted by atomic mass is 10.2. The van der Waals surface area contributed by atoms with Gasteiger partial charge in [0, 0.05) is 13.2 Å². The molecule has 0 spiro atoms. The fourth-order valence-electron chi connectivity index (χ4n) is 1.40. The van der Waals surface area contributed by atoms with Crippen molar-refractivity contribution in [2.24, 2.45) is 7.05 Å². The molecule has 0 aromatic carbocycles. The van der Waals surface area contributed by atoms with Gasteiger partial charge in [0.25, 0.3) is 0 Å². The van der Waals surface area contributed by atoms with E-state index in [1.807, 2.05) is 26.1 Å². The molecular weight excluding hydrogens is 198 g/mol. The average molecular weight is 209 g/mol. The standard InChI is InChI=1S/C9H11N3OS/c1-6-5-7(12(2)11-6)9(13)8-3-4-10-14-8/h3-5,9,13H,1-2H3. The van der Waals surface area contributed by atoms with E-state index in [0.717, 1.165) is 16.3 Å². The van der Waals surface area contributed by atoms with Gasteiger partial charge in [-0.1, -0.05) is 0 Å². The van der Waals surface area contributed by atoms with Crippen molar-refractivity contribution in [2.45, 2.75) is 13.0 Å². The number of aliphatic hydroxyl groups is 1. The van der Waals surface area contributed by atoms with E-state index >= 15 is 0 Å². The summed E-state index contributed by atoms with van der Waals surface area (Å²) in [4.78, 5) is 0.841. The topological polar surface area (TPSA) is 50.9 Å². The third-order valence-corrected chi connectivity index (χ3v) is 2.84. The first kappa shape index (κ1) is 9.36. The number of hydrogen-bond donors (Lipinski definition) is 1. The van der Waals surface area contributed by atoms with Gasteiger partial charge in [-0.3, -0.25) is 4.68 Å². The van der Waals surface area contributed by atoms with E-state index in [-0.39, 0.29) is 0 Å². The minimum absolute atomic E-state index is 0.617. The van der Waals surface area contributed by atoms with Gasteiger partial charge in [0.2, 0.25) is 0 Å². The molecule has 0 radical (unpaired) electrons. The highest BCUT2D eigenvalue weighted by Crippen LogP contribution is 2.24. The maximum atomic E-state index is 9.98. The second-order valence-electron chi connectivity index (χ2n) is 3.15. The molecule has 14 heavy (non-hydrogen) atoms. The number of rotatable bonds is 2. The summed E-state index contributed by atoms with van der Waals surface area (Å²) in [6, 6.07) is 3.70. The van der Waals surface area contributed by atoms with Crippen LogP contribution in [0.2, 0.25) is 0 Å². The van der Waals surface area contributed by atoms with E-state index in [9.17, 15) is 5.11 Å².